The average Bonchev–Trinajstić information content (AvgIpc) is 3.15. The van der Waals surface area contributed by atoms with Crippen molar-refractivity contribution < 1.29 is 14.4 Å². The van der Waals surface area contributed by atoms with Crippen LogP contribution in [0.25, 0.3) is 11.5 Å². The summed E-state index contributed by atoms with van der Waals surface area (Å²) in [4.78, 5) is 16.1. The van der Waals surface area contributed by atoms with Crippen molar-refractivity contribution in [2.75, 3.05) is 0 Å². The highest BCUT2D eigenvalue weighted by molar-refractivity contribution is 5.84. The number of amides is 1. The Bertz CT molecular complexity index is 829. The number of nitrogens with zero attached hydrogens (tertiary/aromatic N) is 1. The molecule has 0 spiro atoms. The Kier molecular flexibility index (Phi) is 3.63. The quantitative estimate of drug-likeness (QED) is 0.571. The van der Waals surface area contributed by atoms with Gasteiger partial charge in [-0.1, -0.05) is 42.5 Å². The van der Waals surface area contributed by atoms with E-state index in [9.17, 15) is 4.79 Å². The first-order chi connectivity index (χ1) is 11.8. The number of carbonyl (C=O) groups is 1. The van der Waals surface area contributed by atoms with E-state index in [0.717, 1.165) is 16.7 Å². The molecule has 1 aromatic heterocycles. The maximum absolute atomic E-state index is 12.0. The van der Waals surface area contributed by atoms with Gasteiger partial charge in [-0.3, -0.25) is 10.0 Å². The maximum atomic E-state index is 12.0. The molecule has 0 aliphatic heterocycles. The summed E-state index contributed by atoms with van der Waals surface area (Å²) in [5.74, 6) is 0.0984. The minimum absolute atomic E-state index is 0.0539. The lowest BCUT2D eigenvalue weighted by Crippen LogP contribution is -2.21. The van der Waals surface area contributed by atoms with E-state index >= 15 is 0 Å². The second-order valence-corrected chi connectivity index (χ2v) is 5.92. The summed E-state index contributed by atoms with van der Waals surface area (Å²) in [5.41, 5.74) is 4.86. The van der Waals surface area contributed by atoms with Crippen molar-refractivity contribution in [3.8, 4) is 11.5 Å². The summed E-state index contributed by atoms with van der Waals surface area (Å²) >= 11 is 0. The Hall–Kier alpha value is -2.92. The summed E-state index contributed by atoms with van der Waals surface area (Å²) < 4.78 is 5.29. The van der Waals surface area contributed by atoms with Crippen LogP contribution in [0.1, 0.15) is 23.0 Å². The molecule has 0 unspecified atom stereocenters. The van der Waals surface area contributed by atoms with Gasteiger partial charge in [0, 0.05) is 17.4 Å². The summed E-state index contributed by atoms with van der Waals surface area (Å²) in [6, 6.07) is 17.8. The van der Waals surface area contributed by atoms with Gasteiger partial charge in [0.2, 0.25) is 11.8 Å². The van der Waals surface area contributed by atoms with Gasteiger partial charge in [-0.15, -0.1) is 0 Å². The van der Waals surface area contributed by atoms with Crippen molar-refractivity contribution in [2.45, 2.75) is 11.8 Å². The Labute approximate surface area is 138 Å². The van der Waals surface area contributed by atoms with Crippen molar-refractivity contribution in [3.63, 3.8) is 0 Å². The molecule has 2 aromatic carbocycles. The number of rotatable bonds is 4. The third-order valence-corrected chi connectivity index (χ3v) is 4.59. The molecule has 120 valence electrons. The lowest BCUT2D eigenvalue weighted by atomic mass is 10.0. The summed E-state index contributed by atoms with van der Waals surface area (Å²) in [7, 11) is 0. The van der Waals surface area contributed by atoms with Crippen molar-refractivity contribution in [1.82, 2.24) is 10.5 Å². The molecular formula is C19H16N2O3. The van der Waals surface area contributed by atoms with Crippen LogP contribution in [0.15, 0.2) is 71.5 Å². The number of hydroxylamine groups is 1. The van der Waals surface area contributed by atoms with Crippen LogP contribution in [-0.2, 0) is 4.79 Å². The molecule has 1 amide bonds. The maximum Gasteiger partial charge on any atom is 0.247 e. The Balaban J connectivity index is 1.63. The van der Waals surface area contributed by atoms with E-state index in [1.165, 1.54) is 6.26 Å². The highest BCUT2D eigenvalue weighted by Crippen LogP contribution is 2.60. The zero-order valence-electron chi connectivity index (χ0n) is 12.8. The fourth-order valence-electron chi connectivity index (χ4n) is 3.43. The van der Waals surface area contributed by atoms with Gasteiger partial charge in [0.25, 0.3) is 0 Å². The minimum Gasteiger partial charge on any atom is -0.445 e. The Morgan fingerprint density at radius 1 is 1.00 bits per heavy atom. The largest absolute Gasteiger partial charge is 0.445 e. The van der Waals surface area contributed by atoms with E-state index in [4.69, 9.17) is 9.62 Å². The first-order valence-corrected chi connectivity index (χ1v) is 7.78. The van der Waals surface area contributed by atoms with Crippen LogP contribution in [0.3, 0.4) is 0 Å². The topological polar surface area (TPSA) is 75.4 Å². The van der Waals surface area contributed by atoms with Gasteiger partial charge in [0.1, 0.15) is 6.26 Å². The van der Waals surface area contributed by atoms with Gasteiger partial charge in [-0.25, -0.2) is 10.5 Å². The van der Waals surface area contributed by atoms with Crippen molar-refractivity contribution >= 4 is 5.91 Å². The first-order valence-electron chi connectivity index (χ1n) is 7.78. The molecule has 2 N–H and O–H groups in total. The average molecular weight is 320 g/mol. The molecule has 1 fully saturated rings. The van der Waals surface area contributed by atoms with Gasteiger partial charge in [-0.05, 0) is 23.3 Å². The third kappa shape index (κ3) is 2.49. The molecule has 1 aliphatic rings. The molecule has 4 rings (SSSR count). The highest BCUT2D eigenvalue weighted by atomic mass is 16.5. The lowest BCUT2D eigenvalue weighted by molar-refractivity contribution is -0.130. The summed E-state index contributed by atoms with van der Waals surface area (Å²) in [6.07, 6.45) is 3.15. The standard InChI is InChI=1S/C19H16N2O3/c22-18(21-23)17-15(12-4-2-1-3-5-12)16(17)13-6-8-14(9-7-13)19-20-10-11-24-19/h1-11,15-17,23H,(H,21,22)/t15-,16-,17-/m1/s1. The molecule has 24 heavy (non-hydrogen) atoms. The minimum atomic E-state index is -0.342. The number of hydrogen-bond acceptors (Lipinski definition) is 4. The molecule has 1 heterocycles. The van der Waals surface area contributed by atoms with E-state index < -0.39 is 0 Å². The van der Waals surface area contributed by atoms with E-state index in [-0.39, 0.29) is 23.7 Å². The lowest BCUT2D eigenvalue weighted by Gasteiger charge is -2.02. The van der Waals surface area contributed by atoms with Gasteiger partial charge >= 0.3 is 0 Å². The van der Waals surface area contributed by atoms with Gasteiger partial charge < -0.3 is 4.42 Å². The number of hydrogen-bond donors (Lipinski definition) is 2. The van der Waals surface area contributed by atoms with Crippen LogP contribution < -0.4 is 5.48 Å². The van der Waals surface area contributed by atoms with Crippen LogP contribution in [0.5, 0.6) is 0 Å². The zero-order chi connectivity index (χ0) is 16.5. The van der Waals surface area contributed by atoms with Crippen LogP contribution in [0.4, 0.5) is 0 Å². The molecule has 5 nitrogen and oxygen atoms in total. The number of benzene rings is 2. The molecule has 1 saturated carbocycles. The normalized spacial score (nSPS) is 22.1. The van der Waals surface area contributed by atoms with E-state index in [2.05, 4.69) is 4.98 Å². The molecular weight excluding hydrogens is 304 g/mol. The second kappa shape index (κ2) is 5.94. The molecule has 3 aromatic rings. The smallest absolute Gasteiger partial charge is 0.247 e. The number of nitrogens with one attached hydrogen (secondary N) is 1. The molecule has 0 radical (unpaired) electrons. The van der Waals surface area contributed by atoms with E-state index in [1.807, 2.05) is 54.6 Å². The number of aromatic nitrogens is 1. The van der Waals surface area contributed by atoms with Crippen LogP contribution in [-0.4, -0.2) is 16.1 Å². The molecule has 5 heteroatoms. The first kappa shape index (κ1) is 14.7. The molecule has 1 aliphatic carbocycles. The van der Waals surface area contributed by atoms with Gasteiger partial charge in [0.05, 0.1) is 12.1 Å². The predicted octanol–water partition coefficient (Wildman–Crippen LogP) is 3.34. The Morgan fingerprint density at radius 2 is 1.67 bits per heavy atom. The van der Waals surface area contributed by atoms with Crippen LogP contribution >= 0.6 is 0 Å². The van der Waals surface area contributed by atoms with Gasteiger partial charge in [-0.2, -0.15) is 0 Å². The number of oxazole rings is 1. The van der Waals surface area contributed by atoms with E-state index in [1.54, 1.807) is 11.7 Å². The monoisotopic (exact) mass is 320 g/mol. The Morgan fingerprint density at radius 3 is 2.25 bits per heavy atom. The fraction of sp³-hybridized carbons (Fsp3) is 0.158. The highest BCUT2D eigenvalue weighted by Gasteiger charge is 2.56. The summed E-state index contributed by atoms with van der Waals surface area (Å²) in [6.45, 7) is 0. The molecule has 3 atom stereocenters. The molecule has 0 saturated heterocycles. The third-order valence-electron chi connectivity index (χ3n) is 4.59. The summed E-state index contributed by atoms with van der Waals surface area (Å²) in [5, 5.41) is 9.02. The van der Waals surface area contributed by atoms with Crippen molar-refractivity contribution in [3.05, 3.63) is 78.2 Å². The van der Waals surface area contributed by atoms with E-state index in [0.29, 0.717) is 5.89 Å². The second-order valence-electron chi connectivity index (χ2n) is 5.92. The zero-order valence-corrected chi connectivity index (χ0v) is 12.8. The van der Waals surface area contributed by atoms with Crippen molar-refractivity contribution in [1.29, 1.82) is 0 Å². The number of carbonyl (C=O) groups excluding carboxylic acids is 1. The van der Waals surface area contributed by atoms with Gasteiger partial charge in [0.15, 0.2) is 0 Å². The predicted molar refractivity (Wildman–Crippen MR) is 87.3 cm³/mol. The van der Waals surface area contributed by atoms with Crippen molar-refractivity contribution in [2.24, 2.45) is 5.92 Å². The molecule has 0 bridgehead atoms. The van der Waals surface area contributed by atoms with Crippen LogP contribution in [0.2, 0.25) is 0 Å². The fourth-order valence-corrected chi connectivity index (χ4v) is 3.43. The van der Waals surface area contributed by atoms with Crippen LogP contribution in [0, 0.1) is 5.92 Å². The SMILES string of the molecule is O=C(NO)[C@@H]1[C@H](c2ccccc2)[C@H]1c1ccc(-c2ncco2)cc1.